The van der Waals surface area contributed by atoms with Gasteiger partial charge in [-0.1, -0.05) is 37.6 Å². The molecule has 0 aliphatic carbocycles. The third-order valence-corrected chi connectivity index (χ3v) is 5.16. The van der Waals surface area contributed by atoms with E-state index >= 15 is 0 Å². The van der Waals surface area contributed by atoms with Crippen LogP contribution in [0.25, 0.3) is 0 Å². The van der Waals surface area contributed by atoms with Crippen molar-refractivity contribution in [3.05, 3.63) is 65.0 Å². The van der Waals surface area contributed by atoms with Crippen LogP contribution < -0.4 is 15.8 Å². The summed E-state index contributed by atoms with van der Waals surface area (Å²) in [4.78, 5) is 25.3. The molecule has 1 aromatic carbocycles. The van der Waals surface area contributed by atoms with E-state index in [4.69, 9.17) is 22.1 Å². The van der Waals surface area contributed by atoms with Gasteiger partial charge in [0, 0.05) is 17.0 Å². The Morgan fingerprint density at radius 2 is 2.07 bits per heavy atom. The van der Waals surface area contributed by atoms with Gasteiger partial charge in [-0.25, -0.2) is 19.3 Å². The van der Waals surface area contributed by atoms with Gasteiger partial charge in [-0.2, -0.15) is 0 Å². The van der Waals surface area contributed by atoms with Gasteiger partial charge in [-0.3, -0.25) is 4.79 Å². The topological polar surface area (TPSA) is 103 Å². The number of hydrogen-bond acceptors (Lipinski definition) is 6. The highest BCUT2D eigenvalue weighted by molar-refractivity contribution is 6.29. The number of anilines is 2. The highest BCUT2D eigenvalue weighted by Crippen LogP contribution is 2.52. The molecule has 0 radical (unpaired) electrons. The third-order valence-electron chi connectivity index (χ3n) is 4.95. The van der Waals surface area contributed by atoms with Crippen LogP contribution in [0.2, 0.25) is 5.15 Å². The molecule has 0 saturated heterocycles. The average molecular weight is 414 g/mol. The van der Waals surface area contributed by atoms with E-state index in [0.29, 0.717) is 11.1 Å². The van der Waals surface area contributed by atoms with E-state index in [1.165, 1.54) is 18.6 Å². The van der Waals surface area contributed by atoms with Crippen LogP contribution in [0.5, 0.6) is 11.6 Å². The number of pyridine rings is 1. The Hall–Kier alpha value is -3.26. The molecule has 1 atom stereocenters. The fraction of sp³-hybridized carbons (Fsp3) is 0.200. The van der Waals surface area contributed by atoms with Crippen LogP contribution in [0.1, 0.15) is 30.9 Å². The van der Waals surface area contributed by atoms with Crippen molar-refractivity contribution < 1.29 is 13.9 Å². The zero-order valence-electron chi connectivity index (χ0n) is 15.6. The Labute approximate surface area is 171 Å². The largest absolute Gasteiger partial charge is 0.435 e. The van der Waals surface area contributed by atoms with E-state index in [1.807, 2.05) is 0 Å². The lowest BCUT2D eigenvalue weighted by Gasteiger charge is -2.37. The Morgan fingerprint density at radius 1 is 1.28 bits per heavy atom. The summed E-state index contributed by atoms with van der Waals surface area (Å²) in [6.45, 7) is 3.51. The molecule has 1 aliphatic heterocycles. The van der Waals surface area contributed by atoms with Crippen molar-refractivity contribution in [3.63, 3.8) is 0 Å². The molecule has 9 heteroatoms. The summed E-state index contributed by atoms with van der Waals surface area (Å²) in [5.74, 6) is -1.05. The highest BCUT2D eigenvalue weighted by Gasteiger charge is 2.45. The summed E-state index contributed by atoms with van der Waals surface area (Å²) in [7, 11) is 0. The van der Waals surface area contributed by atoms with E-state index < -0.39 is 17.2 Å². The first-order valence-corrected chi connectivity index (χ1v) is 9.16. The van der Waals surface area contributed by atoms with E-state index in [2.05, 4.69) is 20.3 Å². The van der Waals surface area contributed by atoms with Crippen molar-refractivity contribution in [2.75, 3.05) is 11.1 Å². The standard InChI is InChI=1S/C20H17ClFN5O2/c1-20(2,19(28)27-17-13(23)8-24-9-25-17)15-10-4-3-5-12(22)16(10)29-18-11(15)6-7-14(21)26-18/h3-9,15H,23H2,1-2H3,(H,24,25,27,28). The summed E-state index contributed by atoms with van der Waals surface area (Å²) in [6.07, 6.45) is 2.69. The maximum Gasteiger partial charge on any atom is 0.232 e. The number of benzene rings is 1. The maximum absolute atomic E-state index is 14.5. The molecule has 0 bridgehead atoms. The molecular weight excluding hydrogens is 397 g/mol. The number of aromatic nitrogens is 3. The predicted octanol–water partition coefficient (Wildman–Crippen LogP) is 4.15. The van der Waals surface area contributed by atoms with Crippen molar-refractivity contribution in [2.24, 2.45) is 5.41 Å². The molecule has 0 saturated carbocycles. The number of nitrogens with two attached hydrogens (primary N) is 1. The number of nitrogens with zero attached hydrogens (tertiary/aromatic N) is 3. The first kappa shape index (κ1) is 19.1. The zero-order valence-corrected chi connectivity index (χ0v) is 16.4. The number of nitrogens with one attached hydrogen (secondary N) is 1. The molecule has 2 aromatic heterocycles. The minimum absolute atomic E-state index is 0.0298. The molecule has 7 nitrogen and oxygen atoms in total. The van der Waals surface area contributed by atoms with E-state index in [1.54, 1.807) is 38.1 Å². The first-order chi connectivity index (χ1) is 13.8. The molecule has 3 aromatic rings. The van der Waals surface area contributed by atoms with Gasteiger partial charge in [0.2, 0.25) is 11.8 Å². The Bertz CT molecular complexity index is 1120. The fourth-order valence-electron chi connectivity index (χ4n) is 3.48. The van der Waals surface area contributed by atoms with Gasteiger partial charge in [0.25, 0.3) is 0 Å². The summed E-state index contributed by atoms with van der Waals surface area (Å²) in [5, 5.41) is 2.95. The van der Waals surface area contributed by atoms with Crippen LogP contribution in [0.15, 0.2) is 42.9 Å². The van der Waals surface area contributed by atoms with E-state index in [-0.39, 0.29) is 34.2 Å². The number of halogens is 2. The van der Waals surface area contributed by atoms with Gasteiger partial charge in [-0.05, 0) is 18.2 Å². The number of ether oxygens (including phenoxy) is 1. The molecule has 29 heavy (non-hydrogen) atoms. The van der Waals surface area contributed by atoms with Gasteiger partial charge >= 0.3 is 0 Å². The number of nitrogen functional groups attached to an aromatic ring is 1. The summed E-state index contributed by atoms with van der Waals surface area (Å²) >= 11 is 6.00. The fourth-order valence-corrected chi connectivity index (χ4v) is 3.62. The Balaban J connectivity index is 1.82. The number of carbonyl (C=O) groups excluding carboxylic acids is 1. The monoisotopic (exact) mass is 413 g/mol. The van der Waals surface area contributed by atoms with Crippen molar-refractivity contribution in [2.45, 2.75) is 19.8 Å². The molecule has 1 unspecified atom stereocenters. The Morgan fingerprint density at radius 3 is 2.83 bits per heavy atom. The number of hydrogen-bond donors (Lipinski definition) is 2. The quantitative estimate of drug-likeness (QED) is 0.625. The first-order valence-electron chi connectivity index (χ1n) is 8.78. The number of fused-ring (bicyclic) bond motifs is 2. The normalized spacial score (nSPS) is 15.1. The molecule has 1 amide bonds. The number of carbonyl (C=O) groups is 1. The lowest BCUT2D eigenvalue weighted by molar-refractivity contribution is -0.124. The number of rotatable bonds is 3. The molecule has 148 valence electrons. The minimum atomic E-state index is -1.05. The van der Waals surface area contributed by atoms with Crippen LogP contribution in [0, 0.1) is 11.2 Å². The van der Waals surface area contributed by atoms with Crippen molar-refractivity contribution in [1.82, 2.24) is 15.0 Å². The highest BCUT2D eigenvalue weighted by atomic mass is 35.5. The van der Waals surface area contributed by atoms with Gasteiger partial charge in [-0.15, -0.1) is 0 Å². The van der Waals surface area contributed by atoms with Crippen molar-refractivity contribution >= 4 is 29.0 Å². The molecule has 1 aliphatic rings. The summed E-state index contributed by atoms with van der Waals surface area (Å²) in [6, 6.07) is 7.94. The second-order valence-corrected chi connectivity index (χ2v) is 7.61. The van der Waals surface area contributed by atoms with Gasteiger partial charge in [0.05, 0.1) is 17.3 Å². The molecule has 3 N–H and O–H groups in total. The predicted molar refractivity (Wildman–Crippen MR) is 106 cm³/mol. The third kappa shape index (κ3) is 3.25. The molecule has 3 heterocycles. The maximum atomic E-state index is 14.5. The lowest BCUT2D eigenvalue weighted by atomic mass is 9.69. The SMILES string of the molecule is CC(C)(C(=O)Nc1ncncc1N)C1c2ccc(Cl)nc2Oc2c(F)cccc21. The van der Waals surface area contributed by atoms with E-state index in [9.17, 15) is 9.18 Å². The molecule has 0 fully saturated rings. The van der Waals surface area contributed by atoms with Crippen molar-refractivity contribution in [3.8, 4) is 11.6 Å². The van der Waals surface area contributed by atoms with Crippen LogP contribution in [0.3, 0.4) is 0 Å². The average Bonchev–Trinajstić information content (AvgIpc) is 2.68. The van der Waals surface area contributed by atoms with Gasteiger partial charge in [0.15, 0.2) is 17.4 Å². The second kappa shape index (κ2) is 6.97. The molecule has 0 spiro atoms. The van der Waals surface area contributed by atoms with Crippen LogP contribution in [-0.4, -0.2) is 20.9 Å². The smallest absolute Gasteiger partial charge is 0.232 e. The Kier molecular flexibility index (Phi) is 4.58. The second-order valence-electron chi connectivity index (χ2n) is 7.22. The van der Waals surface area contributed by atoms with E-state index in [0.717, 1.165) is 0 Å². The van der Waals surface area contributed by atoms with Crippen LogP contribution >= 0.6 is 11.6 Å². The number of amides is 1. The van der Waals surface area contributed by atoms with Crippen molar-refractivity contribution in [1.29, 1.82) is 0 Å². The minimum Gasteiger partial charge on any atom is -0.435 e. The van der Waals surface area contributed by atoms with Crippen LogP contribution in [-0.2, 0) is 4.79 Å². The summed E-state index contributed by atoms with van der Waals surface area (Å²) in [5.41, 5.74) is 6.21. The number of para-hydroxylation sites is 1. The van der Waals surface area contributed by atoms with Crippen LogP contribution in [0.4, 0.5) is 15.9 Å². The zero-order chi connectivity index (χ0) is 20.8. The molecular formula is C20H17ClFN5O2. The van der Waals surface area contributed by atoms with Gasteiger partial charge < -0.3 is 15.8 Å². The molecule has 4 rings (SSSR count). The van der Waals surface area contributed by atoms with Gasteiger partial charge in [0.1, 0.15) is 11.5 Å². The lowest BCUT2D eigenvalue weighted by Crippen LogP contribution is -2.38. The summed E-state index contributed by atoms with van der Waals surface area (Å²) < 4.78 is 20.2.